The molecule has 4 aromatic rings. The summed E-state index contributed by atoms with van der Waals surface area (Å²) in [7, 11) is 0. The Bertz CT molecular complexity index is 1340. The number of fused-ring (bicyclic) bond motifs is 1. The first-order valence-electron chi connectivity index (χ1n) is 9.93. The van der Waals surface area contributed by atoms with Gasteiger partial charge in [-0.3, -0.25) is 9.59 Å². The smallest absolute Gasteiger partial charge is 0.248 e. The monoisotopic (exact) mass is 410 g/mol. The Labute approximate surface area is 180 Å². The molecule has 0 saturated heterocycles. The van der Waals surface area contributed by atoms with E-state index in [1.54, 1.807) is 12.1 Å². The van der Waals surface area contributed by atoms with Crippen molar-refractivity contribution in [2.45, 2.75) is 13.8 Å². The van der Waals surface area contributed by atoms with Crippen LogP contribution in [0.15, 0.2) is 88.3 Å². The Kier molecular flexibility index (Phi) is 5.67. The third-order valence-electron chi connectivity index (χ3n) is 4.88. The zero-order chi connectivity index (χ0) is 21.8. The van der Waals surface area contributed by atoms with Crippen molar-refractivity contribution in [1.82, 2.24) is 0 Å². The van der Waals surface area contributed by atoms with Gasteiger partial charge < -0.3 is 15.1 Å². The van der Waals surface area contributed by atoms with Gasteiger partial charge in [0.1, 0.15) is 11.8 Å². The Hall–Kier alpha value is -4.12. The quantitative estimate of drug-likeness (QED) is 0.408. The first-order chi connectivity index (χ1) is 15.0. The number of rotatable bonds is 5. The summed E-state index contributed by atoms with van der Waals surface area (Å²) in [6.07, 6.45) is 4.17. The van der Waals surface area contributed by atoms with Gasteiger partial charge in [-0.25, -0.2) is 0 Å². The summed E-state index contributed by atoms with van der Waals surface area (Å²) in [5.41, 5.74) is 5.14. The highest BCUT2D eigenvalue weighted by molar-refractivity contribution is 6.04. The molecule has 2 N–H and O–H groups in total. The van der Waals surface area contributed by atoms with Crippen LogP contribution in [0.1, 0.15) is 16.7 Å². The molecule has 154 valence electrons. The molecule has 0 aliphatic rings. The van der Waals surface area contributed by atoms with Gasteiger partial charge in [0, 0.05) is 11.8 Å². The summed E-state index contributed by atoms with van der Waals surface area (Å²) in [6.45, 7) is 3.94. The molecule has 1 heterocycles. The van der Waals surface area contributed by atoms with Crippen molar-refractivity contribution in [2.75, 3.05) is 10.6 Å². The van der Waals surface area contributed by atoms with E-state index in [0.29, 0.717) is 22.2 Å². The average molecular weight is 410 g/mol. The van der Waals surface area contributed by atoms with Gasteiger partial charge in [-0.2, -0.15) is 0 Å². The number of hydrogen-bond donors (Lipinski definition) is 2. The lowest BCUT2D eigenvalue weighted by Gasteiger charge is -2.12. The maximum atomic E-state index is 12.7. The summed E-state index contributed by atoms with van der Waals surface area (Å²) in [4.78, 5) is 25.2. The molecule has 0 radical (unpaired) electrons. The highest BCUT2D eigenvalue weighted by Crippen LogP contribution is 2.25. The van der Waals surface area contributed by atoms with Crippen LogP contribution in [-0.2, 0) is 4.79 Å². The number of aryl methyl sites for hydroxylation is 2. The summed E-state index contributed by atoms with van der Waals surface area (Å²) in [5.74, 6) is -0.345. The largest absolute Gasteiger partial charge is 0.463 e. The van der Waals surface area contributed by atoms with Gasteiger partial charge in [-0.15, -0.1) is 0 Å². The molecule has 0 fully saturated rings. The Morgan fingerprint density at radius 1 is 0.903 bits per heavy atom. The van der Waals surface area contributed by atoms with Crippen molar-refractivity contribution >= 4 is 40.0 Å². The summed E-state index contributed by atoms with van der Waals surface area (Å²) in [5, 5.41) is 6.66. The molecule has 0 aliphatic heterocycles. The fourth-order valence-corrected chi connectivity index (χ4v) is 3.21. The molecule has 1 aromatic heterocycles. The lowest BCUT2D eigenvalue weighted by atomic mass is 10.1. The van der Waals surface area contributed by atoms with Crippen molar-refractivity contribution in [3.8, 4) is 0 Å². The first kappa shape index (κ1) is 20.2. The normalized spacial score (nSPS) is 11.0. The van der Waals surface area contributed by atoms with Gasteiger partial charge >= 0.3 is 0 Å². The van der Waals surface area contributed by atoms with Gasteiger partial charge in [0.05, 0.1) is 22.3 Å². The predicted molar refractivity (Wildman–Crippen MR) is 126 cm³/mol. The van der Waals surface area contributed by atoms with Gasteiger partial charge in [0.15, 0.2) is 5.43 Å². The number of carbonyl (C=O) groups is 1. The van der Waals surface area contributed by atoms with Crippen molar-refractivity contribution in [2.24, 2.45) is 0 Å². The van der Waals surface area contributed by atoms with Crippen LogP contribution in [0.5, 0.6) is 0 Å². The predicted octanol–water partition coefficient (Wildman–Crippen LogP) is 5.81. The number of hydrogen-bond acceptors (Lipinski definition) is 4. The highest BCUT2D eigenvalue weighted by atomic mass is 16.3. The van der Waals surface area contributed by atoms with Crippen molar-refractivity contribution in [3.05, 3.63) is 106 Å². The molecule has 0 atom stereocenters. The maximum absolute atomic E-state index is 12.7. The molecular formula is C26H22N2O3. The van der Waals surface area contributed by atoms with E-state index < -0.39 is 0 Å². The minimum absolute atomic E-state index is 0.171. The number of benzene rings is 3. The molecule has 0 spiro atoms. The van der Waals surface area contributed by atoms with Crippen LogP contribution in [0.2, 0.25) is 0 Å². The van der Waals surface area contributed by atoms with Crippen molar-refractivity contribution in [1.29, 1.82) is 0 Å². The van der Waals surface area contributed by atoms with Gasteiger partial charge in [0.25, 0.3) is 0 Å². The van der Waals surface area contributed by atoms with Crippen LogP contribution >= 0.6 is 0 Å². The zero-order valence-corrected chi connectivity index (χ0v) is 17.3. The fraction of sp³-hybridized carbons (Fsp3) is 0.0769. The van der Waals surface area contributed by atoms with Gasteiger partial charge in [-0.05, 0) is 56.3 Å². The molecule has 0 saturated carbocycles. The Balaban J connectivity index is 1.52. The second kappa shape index (κ2) is 8.71. The molecule has 5 heteroatoms. The second-order valence-electron chi connectivity index (χ2n) is 7.38. The molecule has 4 rings (SSSR count). The van der Waals surface area contributed by atoms with E-state index >= 15 is 0 Å². The SMILES string of the molecule is Cc1ccc(Nc2ccccc2NC(=O)/C=C/c2coc3ccc(C)cc3c2=O)cc1. The number of amides is 1. The van der Waals surface area contributed by atoms with Crippen LogP contribution in [0.4, 0.5) is 17.1 Å². The van der Waals surface area contributed by atoms with Crippen LogP contribution in [0, 0.1) is 13.8 Å². The number of nitrogens with one attached hydrogen (secondary N) is 2. The number of anilines is 3. The lowest BCUT2D eigenvalue weighted by Crippen LogP contribution is -2.10. The molecular weight excluding hydrogens is 388 g/mol. The topological polar surface area (TPSA) is 71.3 Å². The van der Waals surface area contributed by atoms with E-state index in [-0.39, 0.29) is 11.3 Å². The van der Waals surface area contributed by atoms with E-state index in [1.807, 2.05) is 68.4 Å². The van der Waals surface area contributed by atoms with Crippen molar-refractivity contribution < 1.29 is 9.21 Å². The van der Waals surface area contributed by atoms with Crippen LogP contribution in [0.3, 0.4) is 0 Å². The minimum atomic E-state index is -0.345. The zero-order valence-electron chi connectivity index (χ0n) is 17.3. The third-order valence-corrected chi connectivity index (χ3v) is 4.88. The molecule has 31 heavy (non-hydrogen) atoms. The fourth-order valence-electron chi connectivity index (χ4n) is 3.21. The van der Waals surface area contributed by atoms with E-state index in [2.05, 4.69) is 10.6 Å². The molecule has 1 amide bonds. The van der Waals surface area contributed by atoms with Crippen LogP contribution in [0.25, 0.3) is 17.0 Å². The Morgan fingerprint density at radius 2 is 1.61 bits per heavy atom. The van der Waals surface area contributed by atoms with Crippen LogP contribution < -0.4 is 16.1 Å². The second-order valence-corrected chi connectivity index (χ2v) is 7.38. The third kappa shape index (κ3) is 4.73. The first-order valence-corrected chi connectivity index (χ1v) is 9.93. The number of carbonyl (C=O) groups excluding carboxylic acids is 1. The summed E-state index contributed by atoms with van der Waals surface area (Å²) in [6, 6.07) is 20.9. The highest BCUT2D eigenvalue weighted by Gasteiger charge is 2.07. The number of para-hydroxylation sites is 2. The van der Waals surface area contributed by atoms with E-state index in [1.165, 1.54) is 24.0 Å². The lowest BCUT2D eigenvalue weighted by molar-refractivity contribution is -0.111. The summed E-state index contributed by atoms with van der Waals surface area (Å²) >= 11 is 0. The van der Waals surface area contributed by atoms with Gasteiger partial charge in [-0.1, -0.05) is 41.5 Å². The maximum Gasteiger partial charge on any atom is 0.248 e. The molecule has 0 unspecified atom stereocenters. The standard InChI is InChI=1S/C26H22N2O3/c1-17-7-11-20(12-8-17)27-22-5-3-4-6-23(22)28-25(29)14-10-19-16-31-24-13-9-18(2)15-21(24)26(19)30/h3-16,27H,1-2H3,(H,28,29)/b14-10+. The molecule has 0 aliphatic carbocycles. The Morgan fingerprint density at radius 3 is 2.39 bits per heavy atom. The molecule has 0 bridgehead atoms. The minimum Gasteiger partial charge on any atom is -0.463 e. The van der Waals surface area contributed by atoms with E-state index in [0.717, 1.165) is 16.9 Å². The molecule has 5 nitrogen and oxygen atoms in total. The van der Waals surface area contributed by atoms with Gasteiger partial charge in [0.2, 0.25) is 5.91 Å². The molecule has 3 aromatic carbocycles. The van der Waals surface area contributed by atoms with E-state index in [4.69, 9.17) is 4.42 Å². The van der Waals surface area contributed by atoms with Crippen LogP contribution in [-0.4, -0.2) is 5.91 Å². The van der Waals surface area contributed by atoms with E-state index in [9.17, 15) is 9.59 Å². The average Bonchev–Trinajstić information content (AvgIpc) is 2.76. The summed E-state index contributed by atoms with van der Waals surface area (Å²) < 4.78 is 5.53. The van der Waals surface area contributed by atoms with Crippen molar-refractivity contribution in [3.63, 3.8) is 0 Å².